The largest absolute Gasteiger partial charge is 0.481 e. The van der Waals surface area contributed by atoms with Crippen LogP contribution in [0, 0.1) is 5.92 Å². The number of amides is 1. The van der Waals surface area contributed by atoms with Crippen LogP contribution in [0.3, 0.4) is 0 Å². The van der Waals surface area contributed by atoms with E-state index in [0.29, 0.717) is 19.0 Å². The van der Waals surface area contributed by atoms with Crippen molar-refractivity contribution in [2.45, 2.75) is 25.3 Å². The minimum absolute atomic E-state index is 0.0709. The van der Waals surface area contributed by atoms with Crippen LogP contribution in [0.25, 0.3) is 0 Å². The highest BCUT2D eigenvalue weighted by Gasteiger charge is 2.40. The number of carboxylic acids is 1. The van der Waals surface area contributed by atoms with E-state index in [9.17, 15) is 9.59 Å². The molecule has 1 N–H and O–H groups in total. The van der Waals surface area contributed by atoms with E-state index in [4.69, 9.17) is 5.11 Å². The van der Waals surface area contributed by atoms with Gasteiger partial charge in [-0.05, 0) is 18.9 Å². The zero-order valence-electron chi connectivity index (χ0n) is 11.7. The predicted octanol–water partition coefficient (Wildman–Crippen LogP) is 0.378. The second-order valence-electron chi connectivity index (χ2n) is 5.61. The summed E-state index contributed by atoms with van der Waals surface area (Å²) in [7, 11) is 0. The highest BCUT2D eigenvalue weighted by Crippen LogP contribution is 2.27. The number of anilines is 1. The number of carbonyl (C=O) groups is 2. The first-order chi connectivity index (χ1) is 10.1. The van der Waals surface area contributed by atoms with Crippen LogP contribution in [-0.4, -0.2) is 57.5 Å². The van der Waals surface area contributed by atoms with Crippen LogP contribution >= 0.6 is 0 Å². The highest BCUT2D eigenvalue weighted by molar-refractivity contribution is 5.86. The van der Waals surface area contributed by atoms with Gasteiger partial charge in [0.15, 0.2) is 0 Å². The average molecular weight is 290 g/mol. The minimum atomic E-state index is -0.799. The Bertz CT molecular complexity index is 530. The fourth-order valence-corrected chi connectivity index (χ4v) is 3.04. The van der Waals surface area contributed by atoms with E-state index < -0.39 is 5.97 Å². The topological polar surface area (TPSA) is 86.6 Å². The maximum Gasteiger partial charge on any atom is 0.303 e. The summed E-state index contributed by atoms with van der Waals surface area (Å²) in [5.41, 5.74) is 0. The SMILES string of the molecule is O=C(O)CC1CN(C(=O)C2CCCN2c2ncccn2)C1. The lowest BCUT2D eigenvalue weighted by atomic mass is 9.95. The Morgan fingerprint density at radius 1 is 1.29 bits per heavy atom. The molecule has 7 heteroatoms. The summed E-state index contributed by atoms with van der Waals surface area (Å²) in [5.74, 6) is -0.0425. The van der Waals surface area contributed by atoms with Crippen molar-refractivity contribution in [3.05, 3.63) is 18.5 Å². The summed E-state index contributed by atoms with van der Waals surface area (Å²) in [5, 5.41) is 8.75. The predicted molar refractivity (Wildman–Crippen MR) is 74.7 cm³/mol. The molecule has 1 amide bonds. The minimum Gasteiger partial charge on any atom is -0.481 e. The molecular weight excluding hydrogens is 272 g/mol. The fourth-order valence-electron chi connectivity index (χ4n) is 3.04. The summed E-state index contributed by atoms with van der Waals surface area (Å²) < 4.78 is 0. The van der Waals surface area contributed by atoms with E-state index in [-0.39, 0.29) is 24.3 Å². The second kappa shape index (κ2) is 5.67. The second-order valence-corrected chi connectivity index (χ2v) is 5.61. The van der Waals surface area contributed by atoms with Crippen LogP contribution in [0.2, 0.25) is 0 Å². The Morgan fingerprint density at radius 2 is 2.00 bits per heavy atom. The van der Waals surface area contributed by atoms with Crippen molar-refractivity contribution >= 4 is 17.8 Å². The third-order valence-electron chi connectivity index (χ3n) is 4.08. The van der Waals surface area contributed by atoms with E-state index >= 15 is 0 Å². The number of hydrogen-bond donors (Lipinski definition) is 1. The molecule has 3 heterocycles. The van der Waals surface area contributed by atoms with Gasteiger partial charge in [-0.15, -0.1) is 0 Å². The quantitative estimate of drug-likeness (QED) is 0.862. The number of hydrogen-bond acceptors (Lipinski definition) is 5. The first-order valence-corrected chi connectivity index (χ1v) is 7.19. The molecule has 0 aliphatic carbocycles. The van der Waals surface area contributed by atoms with Gasteiger partial charge in [-0.25, -0.2) is 9.97 Å². The van der Waals surface area contributed by atoms with Crippen molar-refractivity contribution in [1.82, 2.24) is 14.9 Å². The maximum atomic E-state index is 12.5. The zero-order valence-corrected chi connectivity index (χ0v) is 11.7. The van der Waals surface area contributed by atoms with Gasteiger partial charge in [-0.2, -0.15) is 0 Å². The van der Waals surface area contributed by atoms with Crippen molar-refractivity contribution in [2.24, 2.45) is 5.92 Å². The van der Waals surface area contributed by atoms with E-state index in [0.717, 1.165) is 19.4 Å². The smallest absolute Gasteiger partial charge is 0.303 e. The van der Waals surface area contributed by atoms with Gasteiger partial charge in [0.25, 0.3) is 0 Å². The summed E-state index contributed by atoms with van der Waals surface area (Å²) in [6.45, 7) is 1.88. The number of carboxylic acid groups (broad SMARTS) is 1. The molecule has 3 rings (SSSR count). The first kappa shape index (κ1) is 13.8. The molecule has 2 aliphatic heterocycles. The van der Waals surface area contributed by atoms with Gasteiger partial charge < -0.3 is 14.9 Å². The van der Waals surface area contributed by atoms with Crippen LogP contribution in [0.5, 0.6) is 0 Å². The summed E-state index contributed by atoms with van der Waals surface area (Å²) in [6, 6.07) is 1.54. The first-order valence-electron chi connectivity index (χ1n) is 7.19. The Labute approximate surface area is 122 Å². The van der Waals surface area contributed by atoms with E-state index in [1.807, 2.05) is 4.90 Å². The molecular formula is C14H18N4O3. The molecule has 21 heavy (non-hydrogen) atoms. The van der Waals surface area contributed by atoms with Gasteiger partial charge >= 0.3 is 5.97 Å². The average Bonchev–Trinajstić information content (AvgIpc) is 2.92. The molecule has 2 saturated heterocycles. The molecule has 2 aliphatic rings. The van der Waals surface area contributed by atoms with Gasteiger partial charge in [0.2, 0.25) is 11.9 Å². The number of rotatable bonds is 4. The Morgan fingerprint density at radius 3 is 2.67 bits per heavy atom. The number of likely N-dealkylation sites (tertiary alicyclic amines) is 1. The molecule has 0 aromatic carbocycles. The van der Waals surface area contributed by atoms with Gasteiger partial charge in [-0.3, -0.25) is 9.59 Å². The lowest BCUT2D eigenvalue weighted by Gasteiger charge is -2.41. The van der Waals surface area contributed by atoms with Crippen molar-refractivity contribution in [2.75, 3.05) is 24.5 Å². The molecule has 0 radical (unpaired) electrons. The molecule has 0 spiro atoms. The third-order valence-corrected chi connectivity index (χ3v) is 4.08. The third kappa shape index (κ3) is 2.81. The van der Waals surface area contributed by atoms with Crippen LogP contribution in [-0.2, 0) is 9.59 Å². The zero-order chi connectivity index (χ0) is 14.8. The number of aliphatic carboxylic acids is 1. The van der Waals surface area contributed by atoms with Crippen molar-refractivity contribution in [3.63, 3.8) is 0 Å². The molecule has 0 saturated carbocycles. The van der Waals surface area contributed by atoms with E-state index in [2.05, 4.69) is 9.97 Å². The van der Waals surface area contributed by atoms with Gasteiger partial charge in [0.1, 0.15) is 6.04 Å². The van der Waals surface area contributed by atoms with Crippen LogP contribution in [0.15, 0.2) is 18.5 Å². The molecule has 1 aromatic heterocycles. The summed E-state index contributed by atoms with van der Waals surface area (Å²) in [4.78, 5) is 35.3. The van der Waals surface area contributed by atoms with E-state index in [1.165, 1.54) is 0 Å². The number of carbonyl (C=O) groups excluding carboxylic acids is 1. The molecule has 7 nitrogen and oxygen atoms in total. The van der Waals surface area contributed by atoms with Gasteiger partial charge in [0.05, 0.1) is 6.42 Å². The van der Waals surface area contributed by atoms with Gasteiger partial charge in [-0.1, -0.05) is 0 Å². The highest BCUT2D eigenvalue weighted by atomic mass is 16.4. The molecule has 1 unspecified atom stereocenters. The summed E-state index contributed by atoms with van der Waals surface area (Å²) in [6.07, 6.45) is 5.24. The standard InChI is InChI=1S/C14H18N4O3/c19-12(20)7-10-8-17(9-10)13(21)11-3-1-6-18(11)14-15-4-2-5-16-14/h2,4-5,10-11H,1,3,6-9H2,(H,19,20). The van der Waals surface area contributed by atoms with Crippen LogP contribution < -0.4 is 4.90 Å². The summed E-state index contributed by atoms with van der Waals surface area (Å²) >= 11 is 0. The van der Waals surface area contributed by atoms with Crippen molar-refractivity contribution < 1.29 is 14.7 Å². The number of nitrogens with zero attached hydrogens (tertiary/aromatic N) is 4. The maximum absolute atomic E-state index is 12.5. The molecule has 112 valence electrons. The van der Waals surface area contributed by atoms with Crippen molar-refractivity contribution in [3.8, 4) is 0 Å². The van der Waals surface area contributed by atoms with Crippen LogP contribution in [0.1, 0.15) is 19.3 Å². The Kier molecular flexibility index (Phi) is 3.72. The van der Waals surface area contributed by atoms with Crippen LogP contribution in [0.4, 0.5) is 5.95 Å². The molecule has 1 aromatic rings. The Balaban J connectivity index is 1.61. The normalized spacial score (nSPS) is 22.2. The fraction of sp³-hybridized carbons (Fsp3) is 0.571. The monoisotopic (exact) mass is 290 g/mol. The van der Waals surface area contributed by atoms with Crippen molar-refractivity contribution in [1.29, 1.82) is 0 Å². The lowest BCUT2D eigenvalue weighted by Crippen LogP contribution is -2.56. The molecule has 0 bridgehead atoms. The number of aromatic nitrogens is 2. The molecule has 2 fully saturated rings. The van der Waals surface area contributed by atoms with Gasteiger partial charge in [0, 0.05) is 37.9 Å². The molecule has 1 atom stereocenters. The lowest BCUT2D eigenvalue weighted by molar-refractivity contribution is -0.145. The van der Waals surface area contributed by atoms with E-state index in [1.54, 1.807) is 23.4 Å². The Hall–Kier alpha value is -2.18.